The minimum absolute atomic E-state index is 0.148. The van der Waals surface area contributed by atoms with Crippen LogP contribution in [0.1, 0.15) is 35.3 Å². The molecule has 0 unspecified atom stereocenters. The molecule has 0 atom stereocenters. The second-order valence-electron chi connectivity index (χ2n) is 6.88. The quantitative estimate of drug-likeness (QED) is 0.430. The summed E-state index contributed by atoms with van der Waals surface area (Å²) in [7, 11) is 0. The van der Waals surface area contributed by atoms with Crippen molar-refractivity contribution >= 4 is 34.4 Å². The summed E-state index contributed by atoms with van der Waals surface area (Å²) in [6, 6.07) is 21.6. The van der Waals surface area contributed by atoms with Crippen molar-refractivity contribution in [2.45, 2.75) is 26.7 Å². The summed E-state index contributed by atoms with van der Waals surface area (Å²) in [5, 5.41) is 6.09. The molecule has 146 valence electrons. The molecule has 0 saturated carbocycles. The minimum Gasteiger partial charge on any atom is -0.423 e. The van der Waals surface area contributed by atoms with Crippen LogP contribution >= 0.6 is 0 Å². The number of nitrogens with zero attached hydrogens (tertiary/aromatic N) is 1. The summed E-state index contributed by atoms with van der Waals surface area (Å²) >= 11 is 0. The number of oxazole rings is 1. The number of nitrogens with one attached hydrogen (secondary N) is 2. The van der Waals surface area contributed by atoms with Crippen LogP contribution in [0.15, 0.2) is 71.1 Å². The van der Waals surface area contributed by atoms with Gasteiger partial charge in [0, 0.05) is 16.9 Å². The number of fused-ring (bicyclic) bond motifs is 1. The second kappa shape index (κ2) is 8.19. The van der Waals surface area contributed by atoms with E-state index in [9.17, 15) is 4.79 Å². The molecule has 5 heteroatoms. The van der Waals surface area contributed by atoms with Gasteiger partial charge in [-0.05, 0) is 66.4 Å². The molecule has 5 nitrogen and oxygen atoms in total. The average Bonchev–Trinajstić information content (AvgIpc) is 3.15. The fourth-order valence-corrected chi connectivity index (χ4v) is 3.10. The fraction of sp³-hybridized carbons (Fsp3) is 0.167. The van der Waals surface area contributed by atoms with Gasteiger partial charge in [-0.25, -0.2) is 0 Å². The van der Waals surface area contributed by atoms with Crippen LogP contribution in [0.25, 0.3) is 11.1 Å². The summed E-state index contributed by atoms with van der Waals surface area (Å²) in [5.74, 6) is -0.148. The summed E-state index contributed by atoms with van der Waals surface area (Å²) in [6.07, 6.45) is 1.95. The van der Waals surface area contributed by atoms with Crippen LogP contribution in [0.4, 0.5) is 17.4 Å². The Labute approximate surface area is 169 Å². The van der Waals surface area contributed by atoms with E-state index < -0.39 is 0 Å². The molecular formula is C24H23N3O2. The van der Waals surface area contributed by atoms with Gasteiger partial charge >= 0.3 is 0 Å². The molecule has 0 bridgehead atoms. The van der Waals surface area contributed by atoms with Crippen LogP contribution in [0.2, 0.25) is 0 Å². The molecule has 29 heavy (non-hydrogen) atoms. The highest BCUT2D eigenvalue weighted by molar-refractivity contribution is 6.05. The molecule has 1 heterocycles. The molecule has 4 aromatic rings. The van der Waals surface area contributed by atoms with Crippen molar-refractivity contribution in [2.24, 2.45) is 0 Å². The predicted octanol–water partition coefficient (Wildman–Crippen LogP) is 5.95. The number of aryl methyl sites for hydroxylation is 2. The van der Waals surface area contributed by atoms with Crippen LogP contribution < -0.4 is 10.6 Å². The number of hydrogen-bond donors (Lipinski definition) is 2. The molecule has 0 radical (unpaired) electrons. The van der Waals surface area contributed by atoms with Crippen LogP contribution in [-0.4, -0.2) is 10.9 Å². The van der Waals surface area contributed by atoms with Crippen molar-refractivity contribution in [1.29, 1.82) is 0 Å². The van der Waals surface area contributed by atoms with Crippen molar-refractivity contribution < 1.29 is 9.21 Å². The van der Waals surface area contributed by atoms with E-state index in [0.717, 1.165) is 18.5 Å². The van der Waals surface area contributed by atoms with Crippen LogP contribution in [0.3, 0.4) is 0 Å². The van der Waals surface area contributed by atoms with E-state index in [1.807, 2.05) is 54.6 Å². The Morgan fingerprint density at radius 3 is 2.14 bits per heavy atom. The summed E-state index contributed by atoms with van der Waals surface area (Å²) in [5.41, 5.74) is 6.03. The standard InChI is InChI=1S/C24H23N3O2/c1-3-16-5-9-18(10-6-16)23(28)25-20-13-14-22-21(15-20)27-24(29-22)26-19-11-7-17(4-2)8-12-19/h5-15H,3-4H2,1-2H3,(H,25,28)(H,26,27). The third kappa shape index (κ3) is 4.29. The first-order valence-electron chi connectivity index (χ1n) is 9.81. The molecular weight excluding hydrogens is 362 g/mol. The van der Waals surface area contributed by atoms with Crippen LogP contribution in [0, 0.1) is 0 Å². The van der Waals surface area contributed by atoms with E-state index in [-0.39, 0.29) is 5.91 Å². The Balaban J connectivity index is 1.49. The number of aromatic nitrogens is 1. The minimum atomic E-state index is -0.148. The zero-order chi connectivity index (χ0) is 20.2. The first-order valence-corrected chi connectivity index (χ1v) is 9.81. The van der Waals surface area contributed by atoms with Crippen LogP contribution in [-0.2, 0) is 12.8 Å². The molecule has 0 saturated heterocycles. The fourth-order valence-electron chi connectivity index (χ4n) is 3.10. The Bertz CT molecular complexity index is 1130. The van der Waals surface area contributed by atoms with Gasteiger partial charge < -0.3 is 15.1 Å². The summed E-state index contributed by atoms with van der Waals surface area (Å²) < 4.78 is 5.76. The highest BCUT2D eigenvalue weighted by Crippen LogP contribution is 2.25. The molecule has 3 aromatic carbocycles. The summed E-state index contributed by atoms with van der Waals surface area (Å²) in [4.78, 5) is 17.0. The third-order valence-electron chi connectivity index (χ3n) is 4.88. The van der Waals surface area contributed by atoms with Gasteiger partial charge in [0.1, 0.15) is 5.52 Å². The van der Waals surface area contributed by atoms with Gasteiger partial charge in [0.15, 0.2) is 5.58 Å². The largest absolute Gasteiger partial charge is 0.423 e. The SMILES string of the molecule is CCc1ccc(Nc2nc3cc(NC(=O)c4ccc(CC)cc4)ccc3o2)cc1. The van der Waals surface area contributed by atoms with E-state index in [2.05, 4.69) is 41.6 Å². The highest BCUT2D eigenvalue weighted by Gasteiger charge is 2.10. The Morgan fingerprint density at radius 1 is 0.862 bits per heavy atom. The van der Waals surface area contributed by atoms with Gasteiger partial charge in [-0.3, -0.25) is 4.79 Å². The maximum atomic E-state index is 12.5. The van der Waals surface area contributed by atoms with E-state index >= 15 is 0 Å². The highest BCUT2D eigenvalue weighted by atomic mass is 16.4. The summed E-state index contributed by atoms with van der Waals surface area (Å²) in [6.45, 7) is 4.21. The first kappa shape index (κ1) is 18.7. The van der Waals surface area contributed by atoms with Gasteiger partial charge in [0.25, 0.3) is 11.9 Å². The molecule has 1 amide bonds. The van der Waals surface area contributed by atoms with E-state index in [1.165, 1.54) is 11.1 Å². The van der Waals surface area contributed by atoms with Crippen molar-refractivity contribution in [1.82, 2.24) is 4.98 Å². The third-order valence-corrected chi connectivity index (χ3v) is 4.88. The maximum absolute atomic E-state index is 12.5. The molecule has 2 N–H and O–H groups in total. The monoisotopic (exact) mass is 385 g/mol. The first-order chi connectivity index (χ1) is 14.1. The van der Waals surface area contributed by atoms with Gasteiger partial charge in [-0.1, -0.05) is 38.1 Å². The molecule has 4 rings (SSSR count). The number of carbonyl (C=O) groups is 1. The Hall–Kier alpha value is -3.60. The van der Waals surface area contributed by atoms with Crippen molar-refractivity contribution in [3.05, 3.63) is 83.4 Å². The lowest BCUT2D eigenvalue weighted by atomic mass is 10.1. The lowest BCUT2D eigenvalue weighted by Crippen LogP contribution is -2.11. The van der Waals surface area contributed by atoms with Crippen molar-refractivity contribution in [3.8, 4) is 0 Å². The topological polar surface area (TPSA) is 67.2 Å². The van der Waals surface area contributed by atoms with Crippen LogP contribution in [0.5, 0.6) is 0 Å². The van der Waals surface area contributed by atoms with Gasteiger partial charge in [0.2, 0.25) is 0 Å². The lowest BCUT2D eigenvalue weighted by Gasteiger charge is -2.05. The molecule has 0 fully saturated rings. The van der Waals surface area contributed by atoms with E-state index in [1.54, 1.807) is 0 Å². The average molecular weight is 385 g/mol. The number of carbonyl (C=O) groups excluding carboxylic acids is 1. The molecule has 1 aromatic heterocycles. The smallest absolute Gasteiger partial charge is 0.300 e. The second-order valence-corrected chi connectivity index (χ2v) is 6.88. The number of benzene rings is 3. The zero-order valence-corrected chi connectivity index (χ0v) is 16.5. The lowest BCUT2D eigenvalue weighted by molar-refractivity contribution is 0.102. The maximum Gasteiger partial charge on any atom is 0.300 e. The van der Waals surface area contributed by atoms with Gasteiger partial charge in [-0.15, -0.1) is 0 Å². The van der Waals surface area contributed by atoms with E-state index in [0.29, 0.717) is 28.4 Å². The number of hydrogen-bond acceptors (Lipinski definition) is 4. The predicted molar refractivity (Wildman–Crippen MR) is 117 cm³/mol. The zero-order valence-electron chi connectivity index (χ0n) is 16.5. The number of amides is 1. The molecule has 0 aliphatic rings. The van der Waals surface area contributed by atoms with Crippen molar-refractivity contribution in [2.75, 3.05) is 10.6 Å². The van der Waals surface area contributed by atoms with Gasteiger partial charge in [-0.2, -0.15) is 4.98 Å². The van der Waals surface area contributed by atoms with Gasteiger partial charge in [0.05, 0.1) is 0 Å². The normalized spacial score (nSPS) is 10.8. The molecule has 0 spiro atoms. The molecule has 0 aliphatic heterocycles. The molecule has 0 aliphatic carbocycles. The number of rotatable bonds is 6. The Morgan fingerprint density at radius 2 is 1.48 bits per heavy atom. The number of anilines is 3. The Kier molecular flexibility index (Phi) is 5.29. The van der Waals surface area contributed by atoms with E-state index in [4.69, 9.17) is 4.42 Å². The van der Waals surface area contributed by atoms with Crippen molar-refractivity contribution in [3.63, 3.8) is 0 Å².